The van der Waals surface area contributed by atoms with Gasteiger partial charge in [0.2, 0.25) is 0 Å². The average molecular weight is 198 g/mol. The van der Waals surface area contributed by atoms with E-state index < -0.39 is 0 Å². The molecule has 0 fully saturated rings. The molecule has 2 N–H and O–H groups in total. The third-order valence-corrected chi connectivity index (χ3v) is 3.21. The van der Waals surface area contributed by atoms with E-state index in [4.69, 9.17) is 17.3 Å². The van der Waals surface area contributed by atoms with Crippen LogP contribution >= 0.6 is 22.9 Å². The number of thiophene rings is 1. The Morgan fingerprint density at radius 3 is 2.83 bits per heavy atom. The quantitative estimate of drug-likeness (QED) is 0.644. The van der Waals surface area contributed by atoms with Gasteiger partial charge in [0.15, 0.2) is 0 Å². The zero-order valence-corrected chi connectivity index (χ0v) is 8.17. The highest BCUT2D eigenvalue weighted by atomic mass is 35.5. The predicted octanol–water partition coefficient (Wildman–Crippen LogP) is 3.45. The Bertz CT molecular complexity index is 394. The zero-order chi connectivity index (χ0) is 8.72. The molecule has 0 bridgehead atoms. The van der Waals surface area contributed by atoms with E-state index in [1.807, 2.05) is 12.1 Å². The second-order valence-corrected chi connectivity index (χ2v) is 4.40. The fourth-order valence-electron chi connectivity index (χ4n) is 1.23. The van der Waals surface area contributed by atoms with Crippen molar-refractivity contribution in [2.75, 3.05) is 5.73 Å². The number of anilines is 1. The Morgan fingerprint density at radius 1 is 1.42 bits per heavy atom. The van der Waals surface area contributed by atoms with Gasteiger partial charge in [0.25, 0.3) is 0 Å². The predicted molar refractivity (Wildman–Crippen MR) is 56.0 cm³/mol. The first-order valence-electron chi connectivity index (χ1n) is 3.62. The molecular formula is C9H8ClNS. The van der Waals surface area contributed by atoms with Crippen molar-refractivity contribution in [1.29, 1.82) is 0 Å². The first kappa shape index (κ1) is 7.90. The zero-order valence-electron chi connectivity index (χ0n) is 6.60. The van der Waals surface area contributed by atoms with Crippen molar-refractivity contribution in [3.05, 3.63) is 28.1 Å². The topological polar surface area (TPSA) is 26.0 Å². The third-order valence-electron chi connectivity index (χ3n) is 1.78. The Morgan fingerprint density at radius 2 is 2.17 bits per heavy atom. The van der Waals surface area contributed by atoms with Crippen LogP contribution in [-0.2, 0) is 0 Å². The molecule has 0 aliphatic heterocycles. The average Bonchev–Trinajstić information content (AvgIpc) is 2.41. The van der Waals surface area contributed by atoms with E-state index >= 15 is 0 Å². The van der Waals surface area contributed by atoms with Gasteiger partial charge in [0, 0.05) is 21.0 Å². The van der Waals surface area contributed by atoms with Gasteiger partial charge in [-0.1, -0.05) is 11.6 Å². The number of benzene rings is 1. The highest BCUT2D eigenvalue weighted by Gasteiger charge is 2.04. The van der Waals surface area contributed by atoms with Gasteiger partial charge in [-0.25, -0.2) is 0 Å². The molecule has 2 aromatic rings. The molecule has 0 saturated heterocycles. The molecule has 0 atom stereocenters. The minimum absolute atomic E-state index is 0.781. The number of halogens is 1. The molecule has 0 aliphatic rings. The monoisotopic (exact) mass is 197 g/mol. The molecule has 0 aliphatic carbocycles. The van der Waals surface area contributed by atoms with E-state index in [0.29, 0.717) is 0 Å². The lowest BCUT2D eigenvalue weighted by atomic mass is 10.2. The minimum Gasteiger partial charge on any atom is -0.398 e. The van der Waals surface area contributed by atoms with E-state index in [9.17, 15) is 0 Å². The van der Waals surface area contributed by atoms with Crippen molar-refractivity contribution in [3.8, 4) is 0 Å². The number of fused-ring (bicyclic) bond motifs is 1. The summed E-state index contributed by atoms with van der Waals surface area (Å²) in [5.41, 5.74) is 6.60. The Balaban J connectivity index is 2.93. The van der Waals surface area contributed by atoms with Gasteiger partial charge in [-0.2, -0.15) is 0 Å². The van der Waals surface area contributed by atoms with Gasteiger partial charge < -0.3 is 5.73 Å². The molecule has 1 aromatic heterocycles. The van der Waals surface area contributed by atoms with Crippen molar-refractivity contribution in [1.82, 2.24) is 0 Å². The molecule has 1 aromatic carbocycles. The van der Waals surface area contributed by atoms with Crippen LogP contribution in [0.15, 0.2) is 18.2 Å². The van der Waals surface area contributed by atoms with Gasteiger partial charge >= 0.3 is 0 Å². The van der Waals surface area contributed by atoms with Crippen LogP contribution in [0.2, 0.25) is 5.02 Å². The summed E-state index contributed by atoms with van der Waals surface area (Å²) in [7, 11) is 0. The maximum Gasteiger partial charge on any atom is 0.0589 e. The Kier molecular flexibility index (Phi) is 1.74. The van der Waals surface area contributed by atoms with Crippen molar-refractivity contribution >= 4 is 38.7 Å². The molecule has 1 heterocycles. The molecule has 0 unspecified atom stereocenters. The van der Waals surface area contributed by atoms with Crippen LogP contribution in [0.4, 0.5) is 5.69 Å². The largest absolute Gasteiger partial charge is 0.398 e. The van der Waals surface area contributed by atoms with Crippen molar-refractivity contribution < 1.29 is 0 Å². The number of aryl methyl sites for hydroxylation is 1. The van der Waals surface area contributed by atoms with Crippen molar-refractivity contribution in [2.24, 2.45) is 0 Å². The highest BCUT2D eigenvalue weighted by molar-refractivity contribution is 7.19. The van der Waals surface area contributed by atoms with Gasteiger partial charge in [0.1, 0.15) is 0 Å². The van der Waals surface area contributed by atoms with Crippen LogP contribution < -0.4 is 5.73 Å². The summed E-state index contributed by atoms with van der Waals surface area (Å²) >= 11 is 7.68. The van der Waals surface area contributed by atoms with Crippen LogP contribution in [-0.4, -0.2) is 0 Å². The number of nitrogens with two attached hydrogens (primary N) is 1. The van der Waals surface area contributed by atoms with E-state index in [2.05, 4.69) is 13.0 Å². The lowest BCUT2D eigenvalue weighted by Gasteiger charge is -1.96. The van der Waals surface area contributed by atoms with Gasteiger partial charge in [-0.05, 0) is 25.1 Å². The molecule has 3 heteroatoms. The SMILES string of the molecule is Cc1cc2c(Cl)ccc(N)c2s1. The smallest absolute Gasteiger partial charge is 0.0589 e. The number of hydrogen-bond acceptors (Lipinski definition) is 2. The molecule has 0 saturated carbocycles. The lowest BCUT2D eigenvalue weighted by Crippen LogP contribution is -1.82. The molecule has 62 valence electrons. The first-order valence-corrected chi connectivity index (χ1v) is 4.82. The van der Waals surface area contributed by atoms with E-state index in [1.54, 1.807) is 11.3 Å². The summed E-state index contributed by atoms with van der Waals surface area (Å²) in [5, 5.41) is 1.85. The normalized spacial score (nSPS) is 10.8. The Labute approximate surface area is 79.8 Å². The van der Waals surface area contributed by atoms with Crippen LogP contribution in [0.25, 0.3) is 10.1 Å². The standard InChI is InChI=1S/C9H8ClNS/c1-5-4-6-7(10)2-3-8(11)9(6)12-5/h2-4H,11H2,1H3. The minimum atomic E-state index is 0.781. The molecule has 1 nitrogen and oxygen atoms in total. The molecule has 0 radical (unpaired) electrons. The maximum absolute atomic E-state index is 5.99. The molecular weight excluding hydrogens is 190 g/mol. The van der Waals surface area contributed by atoms with E-state index in [1.165, 1.54) is 4.88 Å². The molecule has 12 heavy (non-hydrogen) atoms. The van der Waals surface area contributed by atoms with Crippen LogP contribution in [0, 0.1) is 6.92 Å². The second kappa shape index (κ2) is 2.64. The van der Waals surface area contributed by atoms with Gasteiger partial charge in [0.05, 0.1) is 4.70 Å². The summed E-state index contributed by atoms with van der Waals surface area (Å²) in [6.45, 7) is 2.06. The Hall–Kier alpha value is -0.730. The van der Waals surface area contributed by atoms with Crippen molar-refractivity contribution in [3.63, 3.8) is 0 Å². The maximum atomic E-state index is 5.99. The number of rotatable bonds is 0. The van der Waals surface area contributed by atoms with E-state index in [-0.39, 0.29) is 0 Å². The van der Waals surface area contributed by atoms with Gasteiger partial charge in [-0.3, -0.25) is 0 Å². The summed E-state index contributed by atoms with van der Waals surface area (Å²) in [4.78, 5) is 1.24. The fraction of sp³-hybridized carbons (Fsp3) is 0.111. The van der Waals surface area contributed by atoms with E-state index in [0.717, 1.165) is 20.8 Å². The number of hydrogen-bond donors (Lipinski definition) is 1. The fourth-order valence-corrected chi connectivity index (χ4v) is 2.47. The number of nitrogen functional groups attached to an aromatic ring is 1. The van der Waals surface area contributed by atoms with Crippen molar-refractivity contribution in [2.45, 2.75) is 6.92 Å². The molecule has 2 rings (SSSR count). The third kappa shape index (κ3) is 1.08. The molecule has 0 amide bonds. The second-order valence-electron chi connectivity index (χ2n) is 2.74. The van der Waals surface area contributed by atoms with Crippen LogP contribution in [0.1, 0.15) is 4.88 Å². The first-order chi connectivity index (χ1) is 5.68. The highest BCUT2D eigenvalue weighted by Crippen LogP contribution is 2.34. The van der Waals surface area contributed by atoms with Crippen LogP contribution in [0.3, 0.4) is 0 Å². The van der Waals surface area contributed by atoms with Crippen LogP contribution in [0.5, 0.6) is 0 Å². The summed E-state index contributed by atoms with van der Waals surface area (Å²) in [6, 6.07) is 5.75. The lowest BCUT2D eigenvalue weighted by molar-refractivity contribution is 1.65. The van der Waals surface area contributed by atoms with Gasteiger partial charge in [-0.15, -0.1) is 11.3 Å². The summed E-state index contributed by atoms with van der Waals surface area (Å²) < 4.78 is 1.10. The summed E-state index contributed by atoms with van der Waals surface area (Å²) in [5.74, 6) is 0. The molecule has 0 spiro atoms. The summed E-state index contributed by atoms with van der Waals surface area (Å²) in [6.07, 6.45) is 0.